The number of amides is 1. The van der Waals surface area contributed by atoms with Crippen LogP contribution in [0.5, 0.6) is 5.75 Å². The summed E-state index contributed by atoms with van der Waals surface area (Å²) in [6.45, 7) is 6.03. The van der Waals surface area contributed by atoms with Crippen molar-refractivity contribution in [1.29, 1.82) is 0 Å². The van der Waals surface area contributed by atoms with Crippen LogP contribution >= 0.6 is 0 Å². The molecule has 0 unspecified atom stereocenters. The van der Waals surface area contributed by atoms with Crippen LogP contribution in [0.1, 0.15) is 13.8 Å². The number of nitrogens with one attached hydrogen (secondary N) is 1. The monoisotopic (exact) mass is 278 g/mol. The lowest BCUT2D eigenvalue weighted by Gasteiger charge is -2.17. The van der Waals surface area contributed by atoms with Crippen molar-refractivity contribution < 1.29 is 14.2 Å². The second kappa shape index (κ2) is 6.33. The molecule has 0 atom stereocenters. The number of carbonyl (C=O) groups excluding carboxylic acids is 1. The average molecular weight is 278 g/mol. The third kappa shape index (κ3) is 2.88. The van der Waals surface area contributed by atoms with Gasteiger partial charge in [0.2, 0.25) is 5.91 Å². The average Bonchev–Trinajstić information content (AvgIpc) is 2.95. The molecule has 1 amide bonds. The second-order valence-corrected chi connectivity index (χ2v) is 4.29. The SMILES string of the molecule is CCN(CC)CC(=O)Nc1ccc(OC)c2nonc12. The van der Waals surface area contributed by atoms with E-state index in [-0.39, 0.29) is 5.91 Å². The highest BCUT2D eigenvalue weighted by molar-refractivity contribution is 6.01. The van der Waals surface area contributed by atoms with Crippen LogP contribution in [-0.4, -0.2) is 47.9 Å². The van der Waals surface area contributed by atoms with E-state index in [4.69, 9.17) is 9.37 Å². The molecule has 0 aliphatic heterocycles. The molecular formula is C13H18N4O3. The standard InChI is InChI=1S/C13H18N4O3/c1-4-17(5-2)8-11(18)14-9-6-7-10(19-3)13-12(9)15-20-16-13/h6-7H,4-5,8H2,1-3H3,(H,14,18). The van der Waals surface area contributed by atoms with Gasteiger partial charge in [0.15, 0.2) is 16.8 Å². The summed E-state index contributed by atoms with van der Waals surface area (Å²) < 4.78 is 9.87. The molecule has 0 bridgehead atoms. The molecule has 1 N–H and O–H groups in total. The quantitative estimate of drug-likeness (QED) is 0.862. The zero-order valence-electron chi connectivity index (χ0n) is 11.8. The molecule has 0 aliphatic carbocycles. The van der Waals surface area contributed by atoms with Gasteiger partial charge in [-0.3, -0.25) is 9.69 Å². The number of hydrogen-bond donors (Lipinski definition) is 1. The Morgan fingerprint density at radius 1 is 1.30 bits per heavy atom. The summed E-state index contributed by atoms with van der Waals surface area (Å²) in [5.41, 5.74) is 1.55. The molecule has 108 valence electrons. The summed E-state index contributed by atoms with van der Waals surface area (Å²) >= 11 is 0. The van der Waals surface area contributed by atoms with Crippen LogP contribution in [0.25, 0.3) is 11.0 Å². The summed E-state index contributed by atoms with van der Waals surface area (Å²) in [5.74, 6) is 0.464. The molecular weight excluding hydrogens is 260 g/mol. The topological polar surface area (TPSA) is 80.5 Å². The summed E-state index contributed by atoms with van der Waals surface area (Å²) in [5, 5.41) is 10.4. The van der Waals surface area contributed by atoms with Crippen molar-refractivity contribution in [2.75, 3.05) is 32.1 Å². The van der Waals surface area contributed by atoms with Crippen molar-refractivity contribution in [1.82, 2.24) is 15.2 Å². The first-order valence-electron chi connectivity index (χ1n) is 6.51. The van der Waals surface area contributed by atoms with Gasteiger partial charge < -0.3 is 10.1 Å². The van der Waals surface area contributed by atoms with E-state index in [1.807, 2.05) is 18.7 Å². The zero-order valence-corrected chi connectivity index (χ0v) is 11.8. The van der Waals surface area contributed by atoms with E-state index < -0.39 is 0 Å². The minimum absolute atomic E-state index is 0.0943. The number of benzene rings is 1. The summed E-state index contributed by atoms with van der Waals surface area (Å²) in [6, 6.07) is 3.45. The van der Waals surface area contributed by atoms with Gasteiger partial charge in [-0.15, -0.1) is 0 Å². The van der Waals surface area contributed by atoms with E-state index in [0.29, 0.717) is 29.0 Å². The molecule has 0 saturated carbocycles. The number of carbonyl (C=O) groups is 1. The number of hydrogen-bond acceptors (Lipinski definition) is 6. The normalized spacial score (nSPS) is 11.0. The third-order valence-electron chi connectivity index (χ3n) is 3.13. The lowest BCUT2D eigenvalue weighted by molar-refractivity contribution is -0.117. The maximum Gasteiger partial charge on any atom is 0.238 e. The first-order chi connectivity index (χ1) is 9.69. The van der Waals surface area contributed by atoms with Gasteiger partial charge in [0.1, 0.15) is 0 Å². The van der Waals surface area contributed by atoms with Crippen LogP contribution in [0, 0.1) is 0 Å². The Morgan fingerprint density at radius 3 is 2.65 bits per heavy atom. The van der Waals surface area contributed by atoms with Crippen molar-refractivity contribution in [2.24, 2.45) is 0 Å². The van der Waals surface area contributed by atoms with Gasteiger partial charge in [-0.2, -0.15) is 0 Å². The maximum absolute atomic E-state index is 12.0. The smallest absolute Gasteiger partial charge is 0.238 e. The fourth-order valence-electron chi connectivity index (χ4n) is 1.95. The lowest BCUT2D eigenvalue weighted by atomic mass is 10.2. The molecule has 0 fully saturated rings. The van der Waals surface area contributed by atoms with Crippen molar-refractivity contribution in [3.05, 3.63) is 12.1 Å². The number of fused-ring (bicyclic) bond motifs is 1. The van der Waals surface area contributed by atoms with Gasteiger partial charge in [-0.1, -0.05) is 13.8 Å². The number of ether oxygens (including phenoxy) is 1. The molecule has 20 heavy (non-hydrogen) atoms. The van der Waals surface area contributed by atoms with E-state index in [9.17, 15) is 4.79 Å². The molecule has 7 heteroatoms. The Hall–Kier alpha value is -2.15. The molecule has 1 heterocycles. The van der Waals surface area contributed by atoms with Crippen LogP contribution in [0.2, 0.25) is 0 Å². The van der Waals surface area contributed by atoms with Crippen LogP contribution in [0.3, 0.4) is 0 Å². The van der Waals surface area contributed by atoms with Crippen molar-refractivity contribution >= 4 is 22.6 Å². The first-order valence-corrected chi connectivity index (χ1v) is 6.51. The number of likely N-dealkylation sites (N-methyl/N-ethyl adjacent to an activating group) is 1. The molecule has 0 radical (unpaired) electrons. The van der Waals surface area contributed by atoms with E-state index in [1.54, 1.807) is 19.2 Å². The van der Waals surface area contributed by atoms with Crippen LogP contribution in [0.4, 0.5) is 5.69 Å². The minimum atomic E-state index is -0.0943. The fourth-order valence-corrected chi connectivity index (χ4v) is 1.95. The number of rotatable bonds is 6. The second-order valence-electron chi connectivity index (χ2n) is 4.29. The molecule has 2 rings (SSSR count). The van der Waals surface area contributed by atoms with Crippen LogP contribution in [-0.2, 0) is 4.79 Å². The van der Waals surface area contributed by atoms with Gasteiger partial charge in [0.05, 0.1) is 19.3 Å². The van der Waals surface area contributed by atoms with Crippen LogP contribution in [0.15, 0.2) is 16.8 Å². The Morgan fingerprint density at radius 2 is 2.00 bits per heavy atom. The van der Waals surface area contributed by atoms with E-state index in [2.05, 4.69) is 15.6 Å². The predicted molar refractivity (Wildman–Crippen MR) is 74.8 cm³/mol. The highest BCUT2D eigenvalue weighted by Crippen LogP contribution is 2.28. The number of methoxy groups -OCH3 is 1. The fraction of sp³-hybridized carbons (Fsp3) is 0.462. The molecule has 2 aromatic rings. The first kappa shape index (κ1) is 14.3. The van der Waals surface area contributed by atoms with Gasteiger partial charge in [0.25, 0.3) is 0 Å². The van der Waals surface area contributed by atoms with Gasteiger partial charge in [-0.25, -0.2) is 4.63 Å². The number of anilines is 1. The molecule has 7 nitrogen and oxygen atoms in total. The van der Waals surface area contributed by atoms with Gasteiger partial charge in [-0.05, 0) is 35.5 Å². The Bertz CT molecular complexity index is 592. The lowest BCUT2D eigenvalue weighted by Crippen LogP contribution is -2.32. The minimum Gasteiger partial charge on any atom is -0.494 e. The highest BCUT2D eigenvalue weighted by Gasteiger charge is 2.15. The highest BCUT2D eigenvalue weighted by atomic mass is 16.6. The summed E-state index contributed by atoms with van der Waals surface area (Å²) in [6.07, 6.45) is 0. The van der Waals surface area contributed by atoms with Gasteiger partial charge in [0, 0.05) is 0 Å². The Balaban J connectivity index is 2.18. The van der Waals surface area contributed by atoms with E-state index in [0.717, 1.165) is 13.1 Å². The maximum atomic E-state index is 12.0. The van der Waals surface area contributed by atoms with E-state index in [1.165, 1.54) is 0 Å². The van der Waals surface area contributed by atoms with Gasteiger partial charge >= 0.3 is 0 Å². The van der Waals surface area contributed by atoms with Crippen LogP contribution < -0.4 is 10.1 Å². The van der Waals surface area contributed by atoms with E-state index >= 15 is 0 Å². The van der Waals surface area contributed by atoms with Crippen molar-refractivity contribution in [3.8, 4) is 5.75 Å². The summed E-state index contributed by atoms with van der Waals surface area (Å²) in [4.78, 5) is 14.0. The Labute approximate surface area is 116 Å². The number of nitrogens with zero attached hydrogens (tertiary/aromatic N) is 3. The largest absolute Gasteiger partial charge is 0.494 e. The molecule has 1 aromatic heterocycles. The number of aromatic nitrogens is 2. The Kier molecular flexibility index (Phi) is 4.52. The molecule has 1 aromatic carbocycles. The zero-order chi connectivity index (χ0) is 14.5. The van der Waals surface area contributed by atoms with Crippen molar-refractivity contribution in [2.45, 2.75) is 13.8 Å². The molecule has 0 aliphatic rings. The van der Waals surface area contributed by atoms with Crippen molar-refractivity contribution in [3.63, 3.8) is 0 Å². The summed E-state index contributed by atoms with van der Waals surface area (Å²) in [7, 11) is 1.54. The molecule has 0 saturated heterocycles. The molecule has 0 spiro atoms. The predicted octanol–water partition coefficient (Wildman–Crippen LogP) is 1.51. The third-order valence-corrected chi connectivity index (χ3v) is 3.13.